The number of ether oxygens (including phenoxy) is 1. The highest BCUT2D eigenvalue weighted by atomic mass is 16.5. The molecule has 108 valence electrons. The van der Waals surface area contributed by atoms with E-state index in [1.54, 1.807) is 0 Å². The first kappa shape index (κ1) is 16.0. The highest BCUT2D eigenvalue weighted by Gasteiger charge is 2.29. The predicted octanol–water partition coefficient (Wildman–Crippen LogP) is 3.86. The number of rotatable bonds is 9. The van der Waals surface area contributed by atoms with Gasteiger partial charge in [0.05, 0.1) is 0 Å². The summed E-state index contributed by atoms with van der Waals surface area (Å²) in [5, 5.41) is 3.55. The number of methoxy groups -OCH3 is 1. The van der Waals surface area contributed by atoms with Gasteiger partial charge < -0.3 is 10.1 Å². The summed E-state index contributed by atoms with van der Waals surface area (Å²) in [5.74, 6) is 2.85. The molecule has 18 heavy (non-hydrogen) atoms. The minimum atomic E-state index is 0.912. The monoisotopic (exact) mass is 255 g/mol. The minimum Gasteiger partial charge on any atom is -0.385 e. The first-order valence-corrected chi connectivity index (χ1v) is 8.01. The largest absolute Gasteiger partial charge is 0.385 e. The lowest BCUT2D eigenvalue weighted by Crippen LogP contribution is -2.33. The summed E-state index contributed by atoms with van der Waals surface area (Å²) in [5.41, 5.74) is 0. The molecule has 1 N–H and O–H groups in total. The average molecular weight is 255 g/mol. The molecule has 1 rings (SSSR count). The van der Waals surface area contributed by atoms with E-state index in [2.05, 4.69) is 19.2 Å². The lowest BCUT2D eigenvalue weighted by molar-refractivity contribution is 0.136. The zero-order chi connectivity index (χ0) is 13.2. The number of nitrogens with one attached hydrogen (secondary N) is 1. The van der Waals surface area contributed by atoms with Crippen molar-refractivity contribution in [3.05, 3.63) is 0 Å². The van der Waals surface area contributed by atoms with Crippen molar-refractivity contribution in [3.8, 4) is 0 Å². The van der Waals surface area contributed by atoms with E-state index in [9.17, 15) is 0 Å². The maximum absolute atomic E-state index is 5.21. The van der Waals surface area contributed by atoms with Crippen LogP contribution in [-0.2, 0) is 4.74 Å². The molecule has 1 aliphatic carbocycles. The molecule has 0 aromatic rings. The van der Waals surface area contributed by atoms with E-state index in [0.29, 0.717) is 0 Å². The summed E-state index contributed by atoms with van der Waals surface area (Å²) in [6.07, 6.45) is 9.77. The topological polar surface area (TPSA) is 21.3 Å². The van der Waals surface area contributed by atoms with E-state index in [0.717, 1.165) is 30.9 Å². The van der Waals surface area contributed by atoms with Crippen LogP contribution in [-0.4, -0.2) is 26.8 Å². The third kappa shape index (κ3) is 5.71. The van der Waals surface area contributed by atoms with Gasteiger partial charge >= 0.3 is 0 Å². The fraction of sp³-hybridized carbons (Fsp3) is 1.00. The first-order chi connectivity index (χ1) is 8.81. The van der Waals surface area contributed by atoms with Crippen molar-refractivity contribution in [2.24, 2.45) is 17.8 Å². The molecule has 2 nitrogen and oxygen atoms in total. The van der Waals surface area contributed by atoms with Crippen LogP contribution in [0.4, 0.5) is 0 Å². The minimum absolute atomic E-state index is 0.912. The van der Waals surface area contributed by atoms with Crippen LogP contribution in [0.5, 0.6) is 0 Å². The summed E-state index contributed by atoms with van der Waals surface area (Å²) < 4.78 is 5.21. The van der Waals surface area contributed by atoms with Crippen LogP contribution < -0.4 is 5.32 Å². The van der Waals surface area contributed by atoms with E-state index in [1.807, 2.05) is 7.11 Å². The second kappa shape index (κ2) is 9.80. The zero-order valence-electron chi connectivity index (χ0n) is 12.7. The van der Waals surface area contributed by atoms with Crippen molar-refractivity contribution < 1.29 is 4.74 Å². The highest BCUT2D eigenvalue weighted by molar-refractivity contribution is 4.81. The molecule has 0 heterocycles. The lowest BCUT2D eigenvalue weighted by Gasteiger charge is -2.36. The summed E-state index contributed by atoms with van der Waals surface area (Å²) >= 11 is 0. The van der Waals surface area contributed by atoms with E-state index < -0.39 is 0 Å². The van der Waals surface area contributed by atoms with Crippen LogP contribution >= 0.6 is 0 Å². The highest BCUT2D eigenvalue weighted by Crippen LogP contribution is 2.38. The molecule has 0 saturated heterocycles. The Morgan fingerprint density at radius 3 is 2.61 bits per heavy atom. The molecule has 0 bridgehead atoms. The predicted molar refractivity (Wildman–Crippen MR) is 78.9 cm³/mol. The molecule has 1 aliphatic rings. The van der Waals surface area contributed by atoms with Gasteiger partial charge in [-0.25, -0.2) is 0 Å². The number of hydrogen-bond acceptors (Lipinski definition) is 2. The first-order valence-electron chi connectivity index (χ1n) is 8.01. The van der Waals surface area contributed by atoms with Crippen LogP contribution in [0.15, 0.2) is 0 Å². The van der Waals surface area contributed by atoms with Gasteiger partial charge in [0.25, 0.3) is 0 Å². The van der Waals surface area contributed by atoms with Gasteiger partial charge in [0.15, 0.2) is 0 Å². The summed E-state index contributed by atoms with van der Waals surface area (Å²) in [7, 11) is 1.82. The second-order valence-corrected chi connectivity index (χ2v) is 5.93. The van der Waals surface area contributed by atoms with E-state index in [-0.39, 0.29) is 0 Å². The molecule has 0 aromatic heterocycles. The van der Waals surface area contributed by atoms with Crippen molar-refractivity contribution in [2.75, 3.05) is 26.8 Å². The van der Waals surface area contributed by atoms with Gasteiger partial charge in [-0.3, -0.25) is 0 Å². The van der Waals surface area contributed by atoms with Crippen molar-refractivity contribution in [1.29, 1.82) is 0 Å². The van der Waals surface area contributed by atoms with Crippen LogP contribution in [0, 0.1) is 17.8 Å². The van der Waals surface area contributed by atoms with Crippen LogP contribution in [0.25, 0.3) is 0 Å². The number of hydrogen-bond donors (Lipinski definition) is 1. The lowest BCUT2D eigenvalue weighted by atomic mass is 9.71. The van der Waals surface area contributed by atoms with Crippen molar-refractivity contribution >= 4 is 0 Å². The van der Waals surface area contributed by atoms with Gasteiger partial charge in [0.2, 0.25) is 0 Å². The van der Waals surface area contributed by atoms with Crippen molar-refractivity contribution in [2.45, 2.75) is 58.8 Å². The van der Waals surface area contributed by atoms with Gasteiger partial charge in [-0.05, 0) is 56.5 Å². The molecule has 0 amide bonds. The smallest absolute Gasteiger partial charge is 0.0462 e. The van der Waals surface area contributed by atoms with E-state index in [4.69, 9.17) is 4.74 Å². The van der Waals surface area contributed by atoms with Crippen LogP contribution in [0.3, 0.4) is 0 Å². The summed E-state index contributed by atoms with van der Waals surface area (Å²) in [6, 6.07) is 0. The van der Waals surface area contributed by atoms with E-state index >= 15 is 0 Å². The third-order valence-corrected chi connectivity index (χ3v) is 4.53. The van der Waals surface area contributed by atoms with Crippen LogP contribution in [0.1, 0.15) is 58.8 Å². The standard InChI is InChI=1S/C16H33NO/c1-4-7-14-9-10-16(13-17-5-2)15(12-14)8-6-11-18-3/h14-17H,4-13H2,1-3H3. The summed E-state index contributed by atoms with van der Waals surface area (Å²) in [4.78, 5) is 0. The van der Waals surface area contributed by atoms with Crippen LogP contribution in [0.2, 0.25) is 0 Å². The van der Waals surface area contributed by atoms with Crippen molar-refractivity contribution in [1.82, 2.24) is 5.32 Å². The SMILES string of the molecule is CCCC1CCC(CNCC)C(CCCOC)C1. The maximum Gasteiger partial charge on any atom is 0.0462 e. The van der Waals surface area contributed by atoms with E-state index in [1.165, 1.54) is 51.5 Å². The Morgan fingerprint density at radius 1 is 1.11 bits per heavy atom. The average Bonchev–Trinajstić information content (AvgIpc) is 2.38. The fourth-order valence-electron chi connectivity index (χ4n) is 3.54. The van der Waals surface area contributed by atoms with Crippen molar-refractivity contribution in [3.63, 3.8) is 0 Å². The van der Waals surface area contributed by atoms with Gasteiger partial charge in [0.1, 0.15) is 0 Å². The maximum atomic E-state index is 5.21. The molecular weight excluding hydrogens is 222 g/mol. The Balaban J connectivity index is 2.38. The molecule has 0 radical (unpaired) electrons. The molecule has 1 saturated carbocycles. The van der Waals surface area contributed by atoms with Gasteiger partial charge in [-0.15, -0.1) is 0 Å². The summed E-state index contributed by atoms with van der Waals surface area (Å²) in [6.45, 7) is 7.81. The Kier molecular flexibility index (Phi) is 8.70. The van der Waals surface area contributed by atoms with Gasteiger partial charge in [-0.1, -0.05) is 33.1 Å². The Morgan fingerprint density at radius 2 is 1.94 bits per heavy atom. The Bertz CT molecular complexity index is 196. The third-order valence-electron chi connectivity index (χ3n) is 4.53. The molecule has 3 unspecified atom stereocenters. The van der Waals surface area contributed by atoms with Gasteiger partial charge in [0, 0.05) is 13.7 Å². The fourth-order valence-corrected chi connectivity index (χ4v) is 3.54. The molecular formula is C16H33NO. The molecule has 3 atom stereocenters. The molecule has 1 fully saturated rings. The quantitative estimate of drug-likeness (QED) is 0.632. The molecule has 0 spiro atoms. The normalized spacial score (nSPS) is 28.5. The zero-order valence-corrected chi connectivity index (χ0v) is 12.7. The second-order valence-electron chi connectivity index (χ2n) is 5.93. The molecule has 0 aliphatic heterocycles. The Labute approximate surface area is 114 Å². The van der Waals surface area contributed by atoms with Gasteiger partial charge in [-0.2, -0.15) is 0 Å². The molecule has 0 aromatic carbocycles. The Hall–Kier alpha value is -0.0800. The molecule has 2 heteroatoms.